The Kier molecular flexibility index (Phi) is 7.74. The second-order valence-corrected chi connectivity index (χ2v) is 18.7. The maximum atomic E-state index is 9.75. The molecule has 2 atom stereocenters. The first-order chi connectivity index (χ1) is 25.6. The maximum absolute atomic E-state index is 9.75. The van der Waals surface area contributed by atoms with Crippen LogP contribution in [0.4, 0.5) is 0 Å². The molecule has 278 valence electrons. The van der Waals surface area contributed by atoms with Crippen LogP contribution in [-0.4, -0.2) is 21.0 Å². The van der Waals surface area contributed by atoms with Gasteiger partial charge in [0.15, 0.2) is 0 Å². The van der Waals surface area contributed by atoms with Crippen molar-refractivity contribution in [3.05, 3.63) is 117 Å². The van der Waals surface area contributed by atoms with Gasteiger partial charge in [0.25, 0.3) is 0 Å². The van der Waals surface area contributed by atoms with Gasteiger partial charge in [-0.05, 0) is 85.4 Å². The van der Waals surface area contributed by atoms with E-state index in [1.807, 2.05) is 32.2 Å². The van der Waals surface area contributed by atoms with Crippen LogP contribution in [0.3, 0.4) is 0 Å². The Morgan fingerprint density at radius 1 is 0.852 bits per heavy atom. The van der Waals surface area contributed by atoms with Crippen molar-refractivity contribution < 1.29 is 33.3 Å². The number of rotatable bonds is 3. The van der Waals surface area contributed by atoms with Crippen LogP contribution in [0.1, 0.15) is 101 Å². The monoisotopic (exact) mass is 914 g/mol. The van der Waals surface area contributed by atoms with Crippen LogP contribution < -0.4 is 4.74 Å². The zero-order valence-corrected chi connectivity index (χ0v) is 36.2. The summed E-state index contributed by atoms with van der Waals surface area (Å²) in [7, 11) is 0. The molecule has 5 nitrogen and oxygen atoms in total. The molecule has 2 aliphatic heterocycles. The van der Waals surface area contributed by atoms with Crippen molar-refractivity contribution in [2.75, 3.05) is 0 Å². The summed E-state index contributed by atoms with van der Waals surface area (Å²) in [5.41, 5.74) is 7.50. The Bertz CT molecular complexity index is 2720. The summed E-state index contributed by atoms with van der Waals surface area (Å²) in [5.74, 6) is 2.39. The van der Waals surface area contributed by atoms with Crippen molar-refractivity contribution in [1.29, 1.82) is 0 Å². The number of hydrogen-bond acceptors (Lipinski definition) is 5. The van der Waals surface area contributed by atoms with Crippen molar-refractivity contribution in [2.24, 2.45) is 10.4 Å². The third-order valence-corrected chi connectivity index (χ3v) is 12.6. The number of ether oxygens (including phenoxy) is 2. The molecule has 4 aromatic carbocycles. The molecule has 0 saturated carbocycles. The first-order valence-electron chi connectivity index (χ1n) is 19.5. The van der Waals surface area contributed by atoms with E-state index in [-0.39, 0.29) is 26.5 Å². The molecule has 0 radical (unpaired) electrons. The molecule has 6 aromatic rings. The molecule has 0 spiro atoms. The van der Waals surface area contributed by atoms with Gasteiger partial charge in [-0.15, -0.1) is 28.6 Å². The van der Waals surface area contributed by atoms with Crippen LogP contribution in [0.25, 0.3) is 27.6 Å². The second kappa shape index (κ2) is 12.1. The number of pyridine rings is 1. The number of benzene rings is 4. The largest absolute Gasteiger partial charge is 2.00 e. The standard InChI is InChI=1S/C47H47N3O2S.Pt/c1-25-13-35-34-17-29(5)38(22-37(34)50-41(35)39(14-25)53-40-15-26(2)24-48-42(40)50)51-33-20-30(19-32(21-33)44(6,7)8)43-49-46(12)36-18-28(4)27(3)16-31(36)23-47(46,52-43)45(9,10)11;/h13-19,21,24H,23H2,1-12H3;/q-2;+2/t46-,47-;/m1./s1/i23D2;. The van der Waals surface area contributed by atoms with E-state index in [1.165, 1.54) is 15.8 Å². The van der Waals surface area contributed by atoms with E-state index in [1.54, 1.807) is 11.8 Å². The fourth-order valence-corrected chi connectivity index (χ4v) is 9.75. The van der Waals surface area contributed by atoms with Crippen molar-refractivity contribution in [3.63, 3.8) is 0 Å². The third-order valence-electron chi connectivity index (χ3n) is 11.5. The summed E-state index contributed by atoms with van der Waals surface area (Å²) in [6.45, 7) is 25.1. The van der Waals surface area contributed by atoms with Gasteiger partial charge in [0.2, 0.25) is 0 Å². The zero-order valence-electron chi connectivity index (χ0n) is 35.1. The first kappa shape index (κ1) is 34.6. The quantitative estimate of drug-likeness (QED) is 0.166. The molecule has 3 aliphatic rings. The topological polar surface area (TPSA) is 48.6 Å². The van der Waals surface area contributed by atoms with Crippen LogP contribution in [-0.2, 0) is 43.1 Å². The van der Waals surface area contributed by atoms with Gasteiger partial charge < -0.3 is 14.0 Å². The number of hydrogen-bond donors (Lipinski definition) is 0. The Hall–Kier alpha value is -3.86. The molecule has 0 N–H and O–H groups in total. The Morgan fingerprint density at radius 2 is 1.57 bits per heavy atom. The SMILES string of the molecule is [2H]C1([2H])c2cc(C)c(C)cc2[C@@]2(C)N=C(c3[c-]c(Oc4[c-]c5c(cc4C)c4cc(C)cc6c4n5-c4ncc(C)cc4S6)cc(C(C)(C)C)c3)O[C@@]12C(C)(C)C.[Pt+2]. The number of aromatic nitrogens is 2. The Morgan fingerprint density at radius 3 is 2.30 bits per heavy atom. The van der Waals surface area contributed by atoms with E-state index in [0.29, 0.717) is 28.5 Å². The first-order valence-corrected chi connectivity index (χ1v) is 19.3. The van der Waals surface area contributed by atoms with Gasteiger partial charge >= 0.3 is 21.1 Å². The molecule has 0 bridgehead atoms. The predicted octanol–water partition coefficient (Wildman–Crippen LogP) is 11.9. The number of aliphatic imine (C=N–C) groups is 1. The minimum atomic E-state index is -1.83. The van der Waals surface area contributed by atoms with E-state index in [0.717, 1.165) is 60.5 Å². The van der Waals surface area contributed by atoms with E-state index in [4.69, 9.17) is 19.5 Å². The fourth-order valence-electron chi connectivity index (χ4n) is 8.49. The van der Waals surface area contributed by atoms with Gasteiger partial charge in [0.05, 0.1) is 10.4 Å². The molecule has 0 fully saturated rings. The van der Waals surface area contributed by atoms with E-state index in [2.05, 4.69) is 122 Å². The maximum Gasteiger partial charge on any atom is 2.00 e. The minimum absolute atomic E-state index is 0. The smallest absolute Gasteiger partial charge is 0.510 e. The third kappa shape index (κ3) is 5.29. The van der Waals surface area contributed by atoms with Gasteiger partial charge in [0.1, 0.15) is 22.9 Å². The normalized spacial score (nSPS) is 21.4. The van der Waals surface area contributed by atoms with Crippen LogP contribution >= 0.6 is 11.8 Å². The fraction of sp³-hybridized carbons (Fsp3) is 0.362. The van der Waals surface area contributed by atoms with Gasteiger partial charge in [-0.25, -0.2) is 4.98 Å². The van der Waals surface area contributed by atoms with E-state index in [9.17, 15) is 2.74 Å². The number of nitrogens with zero attached hydrogens (tertiary/aromatic N) is 3. The van der Waals surface area contributed by atoms with Crippen molar-refractivity contribution in [3.8, 4) is 17.3 Å². The van der Waals surface area contributed by atoms with Crippen LogP contribution in [0, 0.1) is 52.2 Å². The van der Waals surface area contributed by atoms with Crippen LogP contribution in [0.5, 0.6) is 11.5 Å². The molecule has 7 heteroatoms. The van der Waals surface area contributed by atoms with Gasteiger partial charge in [-0.1, -0.05) is 107 Å². The number of aryl methyl sites for hydroxylation is 5. The molecular formula is C47H47N3O2PtS. The molecule has 9 rings (SSSR count). The molecule has 2 aromatic heterocycles. The summed E-state index contributed by atoms with van der Waals surface area (Å²) in [4.78, 5) is 12.6. The van der Waals surface area contributed by atoms with Gasteiger partial charge in [0, 0.05) is 37.1 Å². The molecule has 4 heterocycles. The van der Waals surface area contributed by atoms with Crippen molar-refractivity contribution in [2.45, 2.75) is 116 Å². The second-order valence-electron chi connectivity index (χ2n) is 17.6. The summed E-state index contributed by atoms with van der Waals surface area (Å²) >= 11 is 1.77. The molecule has 0 unspecified atom stereocenters. The van der Waals surface area contributed by atoms with Gasteiger partial charge in [-0.3, -0.25) is 4.99 Å². The summed E-state index contributed by atoms with van der Waals surface area (Å²) in [5, 5.41) is 2.28. The molecular weight excluding hydrogens is 866 g/mol. The Balaban J connectivity index is 0.00000441. The summed E-state index contributed by atoms with van der Waals surface area (Å²) in [6, 6.07) is 24.3. The molecule has 1 aliphatic carbocycles. The summed E-state index contributed by atoms with van der Waals surface area (Å²) < 4.78 is 35.6. The Labute approximate surface area is 341 Å². The van der Waals surface area contributed by atoms with Crippen molar-refractivity contribution in [1.82, 2.24) is 9.55 Å². The van der Waals surface area contributed by atoms with Gasteiger partial charge in [-0.2, -0.15) is 6.07 Å². The van der Waals surface area contributed by atoms with Crippen LogP contribution in [0.15, 0.2) is 69.5 Å². The minimum Gasteiger partial charge on any atom is -0.510 e. The molecule has 0 amide bonds. The van der Waals surface area contributed by atoms with Crippen LogP contribution in [0.2, 0.25) is 0 Å². The summed E-state index contributed by atoms with van der Waals surface area (Å²) in [6.07, 6.45) is 0.0976. The van der Waals surface area contributed by atoms with E-state index < -0.39 is 22.9 Å². The number of fused-ring (bicyclic) bond motifs is 8. The molecule has 54 heavy (non-hydrogen) atoms. The van der Waals surface area contributed by atoms with E-state index >= 15 is 0 Å². The molecule has 0 saturated heterocycles. The average Bonchev–Trinajstić information content (AvgIpc) is 3.63. The average molecular weight is 915 g/mol. The van der Waals surface area contributed by atoms with Crippen molar-refractivity contribution >= 4 is 39.5 Å². The zero-order chi connectivity index (χ0) is 39.4. The predicted molar refractivity (Wildman–Crippen MR) is 217 cm³/mol.